The highest BCUT2D eigenvalue weighted by Crippen LogP contribution is 2.35. The van der Waals surface area contributed by atoms with Crippen LogP contribution in [0, 0.1) is 10.1 Å². The van der Waals surface area contributed by atoms with Gasteiger partial charge >= 0.3 is 5.97 Å². The molecule has 2 N–H and O–H groups in total. The van der Waals surface area contributed by atoms with Crippen LogP contribution < -0.4 is 5.32 Å². The molecule has 162 valence electrons. The fourth-order valence-electron chi connectivity index (χ4n) is 3.59. The molecule has 0 fully saturated rings. The third kappa shape index (κ3) is 5.25. The first-order chi connectivity index (χ1) is 14.3. The molecule has 1 unspecified atom stereocenters. The number of unbranched alkanes of at least 4 members (excludes halogenated alkanes) is 2. The van der Waals surface area contributed by atoms with Crippen LogP contribution in [0.4, 0.5) is 5.69 Å². The van der Waals surface area contributed by atoms with Crippen molar-refractivity contribution in [2.45, 2.75) is 52.4 Å². The third-order valence-corrected chi connectivity index (χ3v) is 5.26. The van der Waals surface area contributed by atoms with Crippen molar-refractivity contribution in [1.82, 2.24) is 10.2 Å². The SMILES string of the molecule is CCCCCC1=C(C(=O)O)C(c2ccc([N+](=O)[O-])cc2)C=C(C(=O)N(CC)CC)N1. The van der Waals surface area contributed by atoms with Crippen LogP contribution in [0.25, 0.3) is 0 Å². The zero-order chi connectivity index (χ0) is 22.3. The lowest BCUT2D eigenvalue weighted by molar-refractivity contribution is -0.384. The number of aliphatic carboxylic acids is 1. The number of allylic oxidation sites excluding steroid dienone is 2. The largest absolute Gasteiger partial charge is 0.478 e. The van der Waals surface area contributed by atoms with Crippen LogP contribution in [0.3, 0.4) is 0 Å². The number of carbonyl (C=O) groups excluding carboxylic acids is 1. The van der Waals surface area contributed by atoms with Crippen molar-refractivity contribution in [3.05, 3.63) is 63.0 Å². The lowest BCUT2D eigenvalue weighted by atomic mass is 9.85. The van der Waals surface area contributed by atoms with Gasteiger partial charge in [-0.05, 0) is 38.3 Å². The highest BCUT2D eigenvalue weighted by Gasteiger charge is 2.32. The quantitative estimate of drug-likeness (QED) is 0.340. The van der Waals surface area contributed by atoms with Gasteiger partial charge < -0.3 is 15.3 Å². The van der Waals surface area contributed by atoms with Crippen molar-refractivity contribution in [3.63, 3.8) is 0 Å². The Kier molecular flexibility index (Phi) is 8.15. The normalized spacial score (nSPS) is 16.0. The molecule has 1 aromatic carbocycles. The molecule has 8 nitrogen and oxygen atoms in total. The standard InChI is InChI=1S/C22H29N3O5/c1-4-7-8-9-18-20(22(27)28)17(15-10-12-16(13-11-15)25(29)30)14-19(23-18)21(26)24(5-2)6-3/h10-14,17,23H,4-9H2,1-3H3,(H,27,28). The fraction of sp³-hybridized carbons (Fsp3) is 0.455. The number of carbonyl (C=O) groups is 2. The van der Waals surface area contributed by atoms with Gasteiger partial charge in [0.2, 0.25) is 0 Å². The second-order valence-corrected chi connectivity index (χ2v) is 7.16. The molecule has 30 heavy (non-hydrogen) atoms. The van der Waals surface area contributed by atoms with Crippen LogP contribution in [-0.4, -0.2) is 39.9 Å². The highest BCUT2D eigenvalue weighted by atomic mass is 16.6. The van der Waals surface area contributed by atoms with E-state index in [0.717, 1.165) is 19.3 Å². The first-order valence-electron chi connectivity index (χ1n) is 10.3. The zero-order valence-electron chi connectivity index (χ0n) is 17.7. The molecule has 2 rings (SSSR count). The zero-order valence-corrected chi connectivity index (χ0v) is 17.7. The van der Waals surface area contributed by atoms with Gasteiger partial charge in [0.25, 0.3) is 11.6 Å². The first-order valence-corrected chi connectivity index (χ1v) is 10.3. The Labute approximate surface area is 176 Å². The second kappa shape index (κ2) is 10.6. The Morgan fingerprint density at radius 1 is 1.13 bits per heavy atom. The number of amides is 1. The van der Waals surface area contributed by atoms with Crippen LogP contribution >= 0.6 is 0 Å². The van der Waals surface area contributed by atoms with Gasteiger partial charge in [0.15, 0.2) is 0 Å². The molecule has 8 heteroatoms. The number of benzene rings is 1. The molecule has 1 heterocycles. The Hall–Kier alpha value is -3.16. The van der Waals surface area contributed by atoms with E-state index in [1.54, 1.807) is 23.1 Å². The molecule has 1 aliphatic rings. The van der Waals surface area contributed by atoms with Gasteiger partial charge in [-0.15, -0.1) is 0 Å². The van der Waals surface area contributed by atoms with E-state index in [2.05, 4.69) is 12.2 Å². The number of likely N-dealkylation sites (N-methyl/N-ethyl adjacent to an activating group) is 1. The number of nitro benzene ring substituents is 1. The maximum absolute atomic E-state index is 13.0. The van der Waals surface area contributed by atoms with E-state index in [0.29, 0.717) is 36.5 Å². The molecular weight excluding hydrogens is 386 g/mol. The number of non-ortho nitro benzene ring substituents is 1. The topological polar surface area (TPSA) is 113 Å². The monoisotopic (exact) mass is 415 g/mol. The van der Waals surface area contributed by atoms with E-state index in [4.69, 9.17) is 0 Å². The summed E-state index contributed by atoms with van der Waals surface area (Å²) in [5.74, 6) is -1.93. The molecule has 1 aliphatic heterocycles. The molecule has 0 aliphatic carbocycles. The van der Waals surface area contributed by atoms with Crippen molar-refractivity contribution in [1.29, 1.82) is 0 Å². The van der Waals surface area contributed by atoms with Crippen molar-refractivity contribution < 1.29 is 19.6 Å². The minimum Gasteiger partial charge on any atom is -0.478 e. The lowest BCUT2D eigenvalue weighted by Gasteiger charge is -2.29. The molecule has 0 saturated carbocycles. The molecule has 1 atom stereocenters. The Balaban J connectivity index is 2.53. The number of hydrogen-bond acceptors (Lipinski definition) is 5. The van der Waals surface area contributed by atoms with Gasteiger partial charge in [0.1, 0.15) is 5.70 Å². The number of carboxylic acid groups (broad SMARTS) is 1. The molecule has 0 aromatic heterocycles. The van der Waals surface area contributed by atoms with Crippen molar-refractivity contribution in [3.8, 4) is 0 Å². The van der Waals surface area contributed by atoms with E-state index >= 15 is 0 Å². The van der Waals surface area contributed by atoms with Gasteiger partial charge in [0, 0.05) is 36.8 Å². The van der Waals surface area contributed by atoms with Crippen LogP contribution in [-0.2, 0) is 9.59 Å². The van der Waals surface area contributed by atoms with E-state index in [9.17, 15) is 24.8 Å². The van der Waals surface area contributed by atoms with Crippen LogP contribution in [0.5, 0.6) is 0 Å². The fourth-order valence-corrected chi connectivity index (χ4v) is 3.59. The number of carboxylic acids is 1. The number of hydrogen-bond donors (Lipinski definition) is 2. The first kappa shape index (κ1) is 23.1. The maximum Gasteiger partial charge on any atom is 0.334 e. The molecule has 0 radical (unpaired) electrons. The summed E-state index contributed by atoms with van der Waals surface area (Å²) in [7, 11) is 0. The maximum atomic E-state index is 13.0. The van der Waals surface area contributed by atoms with Crippen molar-refractivity contribution >= 4 is 17.6 Å². The van der Waals surface area contributed by atoms with E-state index in [1.807, 2.05) is 13.8 Å². The summed E-state index contributed by atoms with van der Waals surface area (Å²) >= 11 is 0. The Morgan fingerprint density at radius 3 is 2.27 bits per heavy atom. The Bertz CT molecular complexity index is 854. The summed E-state index contributed by atoms with van der Waals surface area (Å²) in [6.07, 6.45) is 4.87. The van der Waals surface area contributed by atoms with E-state index < -0.39 is 16.8 Å². The molecular formula is C22H29N3O5. The van der Waals surface area contributed by atoms with Crippen LogP contribution in [0.15, 0.2) is 47.3 Å². The predicted octanol–water partition coefficient (Wildman–Crippen LogP) is 3.95. The summed E-state index contributed by atoms with van der Waals surface area (Å²) in [6, 6.07) is 5.81. The van der Waals surface area contributed by atoms with Gasteiger partial charge in [-0.2, -0.15) is 0 Å². The minimum absolute atomic E-state index is 0.0693. The lowest BCUT2D eigenvalue weighted by Crippen LogP contribution is -2.39. The van der Waals surface area contributed by atoms with E-state index in [-0.39, 0.29) is 17.2 Å². The molecule has 0 saturated heterocycles. The number of dihydropyridines is 1. The van der Waals surface area contributed by atoms with Crippen molar-refractivity contribution in [2.24, 2.45) is 0 Å². The smallest absolute Gasteiger partial charge is 0.334 e. The highest BCUT2D eigenvalue weighted by molar-refractivity contribution is 5.97. The summed E-state index contributed by atoms with van der Waals surface area (Å²) in [5, 5.41) is 24.0. The minimum atomic E-state index is -1.07. The van der Waals surface area contributed by atoms with E-state index in [1.165, 1.54) is 12.1 Å². The van der Waals surface area contributed by atoms with Gasteiger partial charge in [-0.3, -0.25) is 14.9 Å². The number of nitro groups is 1. The average molecular weight is 415 g/mol. The molecule has 1 aromatic rings. The average Bonchev–Trinajstić information content (AvgIpc) is 2.74. The number of nitrogens with zero attached hydrogens (tertiary/aromatic N) is 2. The summed E-state index contributed by atoms with van der Waals surface area (Å²) in [6.45, 7) is 6.92. The second-order valence-electron chi connectivity index (χ2n) is 7.16. The molecule has 0 spiro atoms. The summed E-state index contributed by atoms with van der Waals surface area (Å²) in [5.41, 5.74) is 1.57. The van der Waals surface area contributed by atoms with Crippen LogP contribution in [0.2, 0.25) is 0 Å². The summed E-state index contributed by atoms with van der Waals surface area (Å²) in [4.78, 5) is 37.3. The van der Waals surface area contributed by atoms with Gasteiger partial charge in [0.05, 0.1) is 10.5 Å². The third-order valence-electron chi connectivity index (χ3n) is 5.26. The van der Waals surface area contributed by atoms with Crippen molar-refractivity contribution in [2.75, 3.05) is 13.1 Å². The van der Waals surface area contributed by atoms with Gasteiger partial charge in [-0.1, -0.05) is 31.9 Å². The van der Waals surface area contributed by atoms with Crippen LogP contribution in [0.1, 0.15) is 57.9 Å². The number of rotatable bonds is 10. The molecule has 1 amide bonds. The van der Waals surface area contributed by atoms with Gasteiger partial charge in [-0.25, -0.2) is 4.79 Å². The Morgan fingerprint density at radius 2 is 1.77 bits per heavy atom. The predicted molar refractivity (Wildman–Crippen MR) is 114 cm³/mol. The summed E-state index contributed by atoms with van der Waals surface area (Å²) < 4.78 is 0. The molecule has 0 bridgehead atoms. The number of nitrogens with one attached hydrogen (secondary N) is 1.